The van der Waals surface area contributed by atoms with Crippen LogP contribution in [0.3, 0.4) is 0 Å². The predicted molar refractivity (Wildman–Crippen MR) is 95.6 cm³/mol. The van der Waals surface area contributed by atoms with Crippen LogP contribution in [-0.2, 0) is 19.7 Å². The maximum atomic E-state index is 12.8. The van der Waals surface area contributed by atoms with E-state index in [0.717, 1.165) is 15.7 Å². The van der Waals surface area contributed by atoms with Gasteiger partial charge < -0.3 is 14.8 Å². The lowest BCUT2D eigenvalue weighted by Gasteiger charge is -2.13. The maximum Gasteiger partial charge on any atom is 0.319 e. The molecule has 1 N–H and O–H groups in total. The number of benzene rings is 1. The third-order valence-electron chi connectivity index (χ3n) is 3.94. The summed E-state index contributed by atoms with van der Waals surface area (Å²) >= 11 is 0. The lowest BCUT2D eigenvalue weighted by atomic mass is 10.2. The number of pyridine rings is 1. The summed E-state index contributed by atoms with van der Waals surface area (Å²) < 4.78 is 37.7. The van der Waals surface area contributed by atoms with Crippen LogP contribution in [0.15, 0.2) is 55.1 Å². The van der Waals surface area contributed by atoms with Crippen LogP contribution in [0.25, 0.3) is 0 Å². The smallest absolute Gasteiger partial charge is 0.319 e. The van der Waals surface area contributed by atoms with E-state index >= 15 is 0 Å². The van der Waals surface area contributed by atoms with Crippen molar-refractivity contribution < 1.29 is 18.3 Å². The van der Waals surface area contributed by atoms with Gasteiger partial charge in [-0.25, -0.2) is 4.98 Å². The third-order valence-corrected chi connectivity index (χ3v) is 3.94. The van der Waals surface area contributed by atoms with Crippen molar-refractivity contribution in [1.82, 2.24) is 19.9 Å². The Morgan fingerprint density at radius 3 is 2.59 bits per heavy atom. The molecule has 3 aromatic rings. The second-order valence-electron chi connectivity index (χ2n) is 5.76. The molecule has 0 fully saturated rings. The second-order valence-corrected chi connectivity index (χ2v) is 5.76. The Morgan fingerprint density at radius 1 is 1.04 bits per heavy atom. The molecule has 0 amide bonds. The fourth-order valence-electron chi connectivity index (χ4n) is 2.56. The fraction of sp³-hybridized carbons (Fsp3) is 0.263. The van der Waals surface area contributed by atoms with Gasteiger partial charge in [0.1, 0.15) is 12.4 Å². The van der Waals surface area contributed by atoms with Gasteiger partial charge in [0.2, 0.25) is 0 Å². The quantitative estimate of drug-likeness (QED) is 0.621. The summed E-state index contributed by atoms with van der Waals surface area (Å²) in [5, 5.41) is 3.11. The molecule has 0 aliphatic heterocycles. The second kappa shape index (κ2) is 9.09. The average molecular weight is 374 g/mol. The van der Waals surface area contributed by atoms with Crippen molar-refractivity contribution in [2.45, 2.75) is 26.2 Å². The van der Waals surface area contributed by atoms with E-state index in [1.807, 2.05) is 30.3 Å². The molecule has 0 radical (unpaired) electrons. The van der Waals surface area contributed by atoms with Gasteiger partial charge in [-0.1, -0.05) is 6.07 Å². The molecule has 2 heterocycles. The van der Waals surface area contributed by atoms with Crippen LogP contribution in [0, 0.1) is 0 Å². The van der Waals surface area contributed by atoms with E-state index in [0.29, 0.717) is 24.7 Å². The topological polar surface area (TPSA) is 61.2 Å². The first-order chi connectivity index (χ1) is 13.2. The van der Waals surface area contributed by atoms with Crippen LogP contribution < -0.4 is 14.8 Å². The molecule has 6 nitrogen and oxygen atoms in total. The first kappa shape index (κ1) is 18.8. The zero-order valence-electron chi connectivity index (χ0n) is 14.8. The molecule has 0 saturated carbocycles. The van der Waals surface area contributed by atoms with Crippen molar-refractivity contribution in [1.29, 1.82) is 0 Å². The summed E-state index contributed by atoms with van der Waals surface area (Å²) in [6.45, 7) is -1.47. The molecule has 3 rings (SSSR count). The first-order valence-electron chi connectivity index (χ1n) is 8.36. The molecule has 142 valence electrons. The lowest BCUT2D eigenvalue weighted by Crippen LogP contribution is -2.17. The normalized spacial score (nSPS) is 11.0. The van der Waals surface area contributed by atoms with Gasteiger partial charge >= 0.3 is 6.55 Å². The van der Waals surface area contributed by atoms with Crippen LogP contribution in [0.2, 0.25) is 0 Å². The molecule has 0 atom stereocenters. The van der Waals surface area contributed by atoms with Gasteiger partial charge in [-0.3, -0.25) is 9.55 Å². The highest BCUT2D eigenvalue weighted by atomic mass is 19.3. The van der Waals surface area contributed by atoms with E-state index in [4.69, 9.17) is 9.47 Å². The van der Waals surface area contributed by atoms with Crippen LogP contribution in [0.4, 0.5) is 8.78 Å². The van der Waals surface area contributed by atoms with Crippen molar-refractivity contribution in [3.8, 4) is 11.5 Å². The Bertz CT molecular complexity index is 856. The molecule has 0 unspecified atom stereocenters. The van der Waals surface area contributed by atoms with Crippen molar-refractivity contribution in [2.24, 2.45) is 0 Å². The SMILES string of the molecule is COc1cc(CNCc2nccn2C(F)F)ccc1OCc1ccncc1. The molecule has 1 aromatic carbocycles. The van der Waals surface area contributed by atoms with Gasteiger partial charge in [-0.15, -0.1) is 0 Å². The minimum absolute atomic E-state index is 0.236. The van der Waals surface area contributed by atoms with Gasteiger partial charge in [0.25, 0.3) is 0 Å². The van der Waals surface area contributed by atoms with Gasteiger partial charge in [0, 0.05) is 31.3 Å². The van der Waals surface area contributed by atoms with Crippen LogP contribution in [0.5, 0.6) is 11.5 Å². The number of methoxy groups -OCH3 is 1. The zero-order valence-corrected chi connectivity index (χ0v) is 14.8. The number of ether oxygens (including phenoxy) is 2. The van der Waals surface area contributed by atoms with Crippen molar-refractivity contribution in [3.63, 3.8) is 0 Å². The highest BCUT2D eigenvalue weighted by Crippen LogP contribution is 2.28. The number of rotatable bonds is 9. The van der Waals surface area contributed by atoms with Gasteiger partial charge in [0.15, 0.2) is 11.5 Å². The van der Waals surface area contributed by atoms with Crippen LogP contribution >= 0.6 is 0 Å². The van der Waals surface area contributed by atoms with Crippen LogP contribution in [-0.4, -0.2) is 21.6 Å². The van der Waals surface area contributed by atoms with E-state index in [2.05, 4.69) is 15.3 Å². The molecule has 2 aromatic heterocycles. The molecule has 0 spiro atoms. The monoisotopic (exact) mass is 374 g/mol. The Morgan fingerprint density at radius 2 is 1.85 bits per heavy atom. The zero-order chi connectivity index (χ0) is 19.1. The van der Waals surface area contributed by atoms with E-state index in [1.54, 1.807) is 19.5 Å². The van der Waals surface area contributed by atoms with E-state index in [-0.39, 0.29) is 12.4 Å². The summed E-state index contributed by atoms with van der Waals surface area (Å²) in [5.74, 6) is 1.53. The number of alkyl halides is 2. The summed E-state index contributed by atoms with van der Waals surface area (Å²) in [4.78, 5) is 7.91. The number of imidazole rings is 1. The standard InChI is InChI=1S/C19H20F2N4O2/c1-26-17-10-15(11-23-12-18-24-8-9-25(18)19(20)21)2-3-16(17)27-13-14-4-6-22-7-5-14/h2-10,19,23H,11-13H2,1H3. The molecule has 8 heteroatoms. The number of hydrogen-bond donors (Lipinski definition) is 1. The first-order valence-corrected chi connectivity index (χ1v) is 8.36. The number of aromatic nitrogens is 3. The average Bonchev–Trinajstić information content (AvgIpc) is 3.16. The van der Waals surface area contributed by atoms with E-state index in [9.17, 15) is 8.78 Å². The Balaban J connectivity index is 1.57. The molecular weight excluding hydrogens is 354 g/mol. The maximum absolute atomic E-state index is 12.8. The minimum atomic E-state index is -2.60. The molecule has 0 saturated heterocycles. The Kier molecular flexibility index (Phi) is 6.32. The van der Waals surface area contributed by atoms with Gasteiger partial charge in [-0.05, 0) is 35.4 Å². The molecule has 27 heavy (non-hydrogen) atoms. The number of hydrogen-bond acceptors (Lipinski definition) is 5. The van der Waals surface area contributed by atoms with Gasteiger partial charge in [-0.2, -0.15) is 8.78 Å². The molecule has 0 bridgehead atoms. The molecular formula is C19H20F2N4O2. The van der Waals surface area contributed by atoms with E-state index < -0.39 is 6.55 Å². The Labute approximate surface area is 155 Å². The minimum Gasteiger partial charge on any atom is -0.493 e. The summed E-state index contributed by atoms with van der Waals surface area (Å²) in [6.07, 6.45) is 6.05. The van der Waals surface area contributed by atoms with Crippen molar-refractivity contribution >= 4 is 0 Å². The highest BCUT2D eigenvalue weighted by molar-refractivity contribution is 5.43. The molecule has 0 aliphatic rings. The summed E-state index contributed by atoms with van der Waals surface area (Å²) in [6, 6.07) is 9.35. The van der Waals surface area contributed by atoms with Crippen molar-refractivity contribution in [3.05, 3.63) is 72.1 Å². The molecule has 0 aliphatic carbocycles. The summed E-state index contributed by atoms with van der Waals surface area (Å²) in [5.41, 5.74) is 1.95. The number of nitrogens with zero attached hydrogens (tertiary/aromatic N) is 3. The van der Waals surface area contributed by atoms with Crippen LogP contribution in [0.1, 0.15) is 23.5 Å². The lowest BCUT2D eigenvalue weighted by molar-refractivity contribution is 0.0666. The largest absolute Gasteiger partial charge is 0.493 e. The highest BCUT2D eigenvalue weighted by Gasteiger charge is 2.11. The summed E-state index contributed by atoms with van der Waals surface area (Å²) in [7, 11) is 1.57. The van der Waals surface area contributed by atoms with Gasteiger partial charge in [0.05, 0.1) is 13.7 Å². The third kappa shape index (κ3) is 5.01. The fourth-order valence-corrected chi connectivity index (χ4v) is 2.56. The Hall–Kier alpha value is -3.00. The predicted octanol–water partition coefficient (Wildman–Crippen LogP) is 3.55. The number of halogens is 2. The van der Waals surface area contributed by atoms with E-state index in [1.165, 1.54) is 12.4 Å². The van der Waals surface area contributed by atoms with Crippen molar-refractivity contribution in [2.75, 3.05) is 7.11 Å². The number of nitrogens with one attached hydrogen (secondary N) is 1.